The van der Waals surface area contributed by atoms with Gasteiger partial charge in [0, 0.05) is 33.5 Å². The highest BCUT2D eigenvalue weighted by molar-refractivity contribution is 6.03. The molecule has 0 fully saturated rings. The quantitative estimate of drug-likeness (QED) is 0.746. The SMILES string of the molecule is COCCCCNc1c(C(=O)O)cnc2c1cnn2C. The van der Waals surface area contributed by atoms with Gasteiger partial charge in [-0.25, -0.2) is 9.78 Å². The first-order valence-electron chi connectivity index (χ1n) is 6.42. The van der Waals surface area contributed by atoms with E-state index in [-0.39, 0.29) is 5.56 Å². The lowest BCUT2D eigenvalue weighted by atomic mass is 10.1. The Labute approximate surface area is 116 Å². The number of methoxy groups -OCH3 is 1. The minimum absolute atomic E-state index is 0.164. The molecule has 20 heavy (non-hydrogen) atoms. The molecule has 0 amide bonds. The molecule has 2 aromatic rings. The highest BCUT2D eigenvalue weighted by Crippen LogP contribution is 2.25. The molecule has 0 unspecified atom stereocenters. The average molecular weight is 278 g/mol. The van der Waals surface area contributed by atoms with Gasteiger partial charge in [-0.05, 0) is 12.8 Å². The number of aromatic nitrogens is 3. The predicted octanol–water partition coefficient (Wildman–Crippen LogP) is 1.51. The molecule has 2 heterocycles. The van der Waals surface area contributed by atoms with Crippen molar-refractivity contribution in [1.82, 2.24) is 14.8 Å². The molecule has 0 aliphatic heterocycles. The number of pyridine rings is 1. The molecule has 7 heteroatoms. The summed E-state index contributed by atoms with van der Waals surface area (Å²) in [6.07, 6.45) is 4.82. The predicted molar refractivity (Wildman–Crippen MR) is 75.1 cm³/mol. The number of nitrogens with zero attached hydrogens (tertiary/aromatic N) is 3. The topological polar surface area (TPSA) is 89.3 Å². The maximum atomic E-state index is 11.3. The van der Waals surface area contributed by atoms with E-state index in [1.165, 1.54) is 6.20 Å². The van der Waals surface area contributed by atoms with E-state index < -0.39 is 5.97 Å². The van der Waals surface area contributed by atoms with Crippen LogP contribution in [-0.2, 0) is 11.8 Å². The van der Waals surface area contributed by atoms with E-state index in [1.807, 2.05) is 0 Å². The van der Waals surface area contributed by atoms with Crippen LogP contribution in [0.15, 0.2) is 12.4 Å². The van der Waals surface area contributed by atoms with Gasteiger partial charge in [0.15, 0.2) is 5.65 Å². The molecule has 0 atom stereocenters. The zero-order valence-electron chi connectivity index (χ0n) is 11.6. The van der Waals surface area contributed by atoms with Crippen molar-refractivity contribution in [3.63, 3.8) is 0 Å². The van der Waals surface area contributed by atoms with Crippen LogP contribution >= 0.6 is 0 Å². The average Bonchev–Trinajstić information content (AvgIpc) is 2.80. The van der Waals surface area contributed by atoms with Crippen molar-refractivity contribution in [3.05, 3.63) is 18.0 Å². The number of aryl methyl sites for hydroxylation is 1. The fourth-order valence-corrected chi connectivity index (χ4v) is 2.03. The van der Waals surface area contributed by atoms with Gasteiger partial charge in [-0.15, -0.1) is 0 Å². The van der Waals surface area contributed by atoms with Gasteiger partial charge in [-0.2, -0.15) is 5.10 Å². The molecular formula is C13H18N4O3. The van der Waals surface area contributed by atoms with Gasteiger partial charge < -0.3 is 15.2 Å². The van der Waals surface area contributed by atoms with Crippen molar-refractivity contribution in [2.24, 2.45) is 7.05 Å². The number of aromatic carboxylic acids is 1. The highest BCUT2D eigenvalue weighted by atomic mass is 16.5. The van der Waals surface area contributed by atoms with Crippen LogP contribution in [0, 0.1) is 0 Å². The smallest absolute Gasteiger partial charge is 0.339 e. The Bertz CT molecular complexity index is 609. The standard InChI is InChI=1S/C13H18N4O3/c1-17-12-9(8-16-17)11(10(7-15-12)13(18)19)14-5-3-4-6-20-2/h7-8H,3-6H2,1-2H3,(H,14,15)(H,18,19). The van der Waals surface area contributed by atoms with E-state index in [0.717, 1.165) is 18.2 Å². The Morgan fingerprint density at radius 3 is 2.95 bits per heavy atom. The van der Waals surface area contributed by atoms with Crippen LogP contribution in [0.4, 0.5) is 5.69 Å². The monoisotopic (exact) mass is 278 g/mol. The Balaban J connectivity index is 2.23. The molecule has 7 nitrogen and oxygen atoms in total. The maximum Gasteiger partial charge on any atom is 0.339 e. The molecule has 0 radical (unpaired) electrons. The van der Waals surface area contributed by atoms with E-state index in [2.05, 4.69) is 15.4 Å². The lowest BCUT2D eigenvalue weighted by Gasteiger charge is -2.10. The molecule has 108 valence electrons. The van der Waals surface area contributed by atoms with Gasteiger partial charge in [0.2, 0.25) is 0 Å². The summed E-state index contributed by atoms with van der Waals surface area (Å²) in [6.45, 7) is 1.38. The third kappa shape index (κ3) is 2.88. The highest BCUT2D eigenvalue weighted by Gasteiger charge is 2.16. The molecular weight excluding hydrogens is 260 g/mol. The summed E-state index contributed by atoms with van der Waals surface area (Å²) in [4.78, 5) is 15.4. The van der Waals surface area contributed by atoms with Crippen molar-refractivity contribution < 1.29 is 14.6 Å². The summed E-state index contributed by atoms with van der Waals surface area (Å²) in [5.41, 5.74) is 1.40. The molecule has 0 aliphatic rings. The van der Waals surface area contributed by atoms with E-state index >= 15 is 0 Å². The van der Waals surface area contributed by atoms with Crippen molar-refractivity contribution in [2.75, 3.05) is 25.6 Å². The summed E-state index contributed by atoms with van der Waals surface area (Å²) >= 11 is 0. The van der Waals surface area contributed by atoms with Crippen molar-refractivity contribution in [1.29, 1.82) is 0 Å². The number of carboxylic acid groups (broad SMARTS) is 1. The van der Waals surface area contributed by atoms with Crippen LogP contribution in [0.1, 0.15) is 23.2 Å². The van der Waals surface area contributed by atoms with Crippen molar-refractivity contribution >= 4 is 22.7 Å². The number of carboxylic acids is 1. The normalized spacial score (nSPS) is 10.9. The molecule has 0 spiro atoms. The number of unbranched alkanes of at least 4 members (excludes halogenated alkanes) is 1. The number of nitrogens with one attached hydrogen (secondary N) is 1. The van der Waals surface area contributed by atoms with Gasteiger partial charge >= 0.3 is 5.97 Å². The van der Waals surface area contributed by atoms with E-state index in [9.17, 15) is 9.90 Å². The summed E-state index contributed by atoms with van der Waals surface area (Å²) in [7, 11) is 3.44. The molecule has 0 aromatic carbocycles. The minimum atomic E-state index is -0.998. The number of fused-ring (bicyclic) bond motifs is 1. The number of hydrogen-bond acceptors (Lipinski definition) is 5. The Morgan fingerprint density at radius 1 is 1.45 bits per heavy atom. The maximum absolute atomic E-state index is 11.3. The minimum Gasteiger partial charge on any atom is -0.478 e. The van der Waals surface area contributed by atoms with Gasteiger partial charge in [0.25, 0.3) is 0 Å². The first-order valence-corrected chi connectivity index (χ1v) is 6.42. The van der Waals surface area contributed by atoms with Crippen LogP contribution in [0.5, 0.6) is 0 Å². The molecule has 0 saturated heterocycles. The van der Waals surface area contributed by atoms with Gasteiger partial charge in [-0.1, -0.05) is 0 Å². The largest absolute Gasteiger partial charge is 0.478 e. The second-order valence-corrected chi connectivity index (χ2v) is 4.48. The third-order valence-electron chi connectivity index (χ3n) is 3.07. The lowest BCUT2D eigenvalue weighted by Crippen LogP contribution is -2.09. The summed E-state index contributed by atoms with van der Waals surface area (Å²) in [5.74, 6) is -0.998. The first-order chi connectivity index (χ1) is 9.65. The van der Waals surface area contributed by atoms with Crippen LogP contribution in [0.25, 0.3) is 11.0 Å². The summed E-state index contributed by atoms with van der Waals surface area (Å²) < 4.78 is 6.61. The van der Waals surface area contributed by atoms with Gasteiger partial charge in [0.05, 0.1) is 17.3 Å². The summed E-state index contributed by atoms with van der Waals surface area (Å²) in [5, 5.41) is 17.3. The van der Waals surface area contributed by atoms with Crippen molar-refractivity contribution in [3.8, 4) is 0 Å². The van der Waals surface area contributed by atoms with E-state index in [4.69, 9.17) is 4.74 Å². The second-order valence-electron chi connectivity index (χ2n) is 4.48. The number of hydrogen-bond donors (Lipinski definition) is 2. The van der Waals surface area contributed by atoms with Crippen molar-refractivity contribution in [2.45, 2.75) is 12.8 Å². The van der Waals surface area contributed by atoms with Gasteiger partial charge in [-0.3, -0.25) is 4.68 Å². The lowest BCUT2D eigenvalue weighted by molar-refractivity contribution is 0.0697. The molecule has 0 aliphatic carbocycles. The molecule has 0 saturated carbocycles. The van der Waals surface area contributed by atoms with E-state index in [1.54, 1.807) is 25.0 Å². The Kier molecular flexibility index (Phi) is 4.52. The number of carbonyl (C=O) groups is 1. The third-order valence-corrected chi connectivity index (χ3v) is 3.07. The fraction of sp³-hybridized carbons (Fsp3) is 0.462. The fourth-order valence-electron chi connectivity index (χ4n) is 2.03. The second kappa shape index (κ2) is 6.33. The van der Waals surface area contributed by atoms with Crippen LogP contribution in [0.3, 0.4) is 0 Å². The van der Waals surface area contributed by atoms with Crippen LogP contribution in [0.2, 0.25) is 0 Å². The number of ether oxygens (including phenoxy) is 1. The summed E-state index contributed by atoms with van der Waals surface area (Å²) in [6, 6.07) is 0. The Morgan fingerprint density at radius 2 is 2.25 bits per heavy atom. The first kappa shape index (κ1) is 14.3. The molecule has 2 rings (SSSR count). The zero-order chi connectivity index (χ0) is 14.5. The molecule has 2 aromatic heterocycles. The van der Waals surface area contributed by atoms with E-state index in [0.29, 0.717) is 24.5 Å². The number of anilines is 1. The Hall–Kier alpha value is -2.15. The molecule has 2 N–H and O–H groups in total. The van der Waals surface area contributed by atoms with Gasteiger partial charge in [0.1, 0.15) is 5.56 Å². The van der Waals surface area contributed by atoms with Crippen LogP contribution < -0.4 is 5.32 Å². The van der Waals surface area contributed by atoms with Crippen LogP contribution in [-0.4, -0.2) is 46.1 Å². The molecule has 0 bridgehead atoms. The number of rotatable bonds is 7. The zero-order valence-corrected chi connectivity index (χ0v) is 11.6.